The number of para-hydroxylation sites is 1. The van der Waals surface area contributed by atoms with Gasteiger partial charge in [-0.25, -0.2) is 9.67 Å². The predicted octanol–water partition coefficient (Wildman–Crippen LogP) is 2.85. The van der Waals surface area contributed by atoms with Crippen LogP contribution in [0.2, 0.25) is 0 Å². The zero-order chi connectivity index (χ0) is 24.0. The number of hydrogen-bond donors (Lipinski definition) is 1. The van der Waals surface area contributed by atoms with E-state index in [-0.39, 0.29) is 30.4 Å². The number of allylic oxidation sites excluding steroid dienone is 2. The second-order valence-electron chi connectivity index (χ2n) is 9.07. The SMILES string of the molecule is O=C1COc2ccccc2CC=CC[C@H]2CN(C(=O)c3cccc(Cn4cncn4)c3)CC[C@H]2N1. The van der Waals surface area contributed by atoms with Crippen molar-refractivity contribution in [3.8, 4) is 5.75 Å². The molecular formula is C27H29N5O3. The maximum Gasteiger partial charge on any atom is 0.258 e. The topological polar surface area (TPSA) is 89.4 Å². The summed E-state index contributed by atoms with van der Waals surface area (Å²) in [7, 11) is 0. The molecule has 0 bridgehead atoms. The first-order valence-corrected chi connectivity index (χ1v) is 12.0. The van der Waals surface area contributed by atoms with Gasteiger partial charge in [0.2, 0.25) is 0 Å². The minimum atomic E-state index is -0.125. The van der Waals surface area contributed by atoms with Gasteiger partial charge < -0.3 is 15.0 Å². The number of ether oxygens (including phenoxy) is 1. The molecule has 3 heterocycles. The molecule has 2 aromatic carbocycles. The van der Waals surface area contributed by atoms with E-state index in [1.165, 1.54) is 6.33 Å². The fourth-order valence-electron chi connectivity index (χ4n) is 4.82. The molecular weight excluding hydrogens is 442 g/mol. The Balaban J connectivity index is 1.29. The summed E-state index contributed by atoms with van der Waals surface area (Å²) in [5.74, 6) is 0.777. The molecule has 0 spiro atoms. The number of carbonyl (C=O) groups excluding carboxylic acids is 2. The van der Waals surface area contributed by atoms with Crippen molar-refractivity contribution >= 4 is 11.8 Å². The normalized spacial score (nSPS) is 20.5. The first-order chi connectivity index (χ1) is 17.2. The fraction of sp³-hybridized carbons (Fsp3) is 0.333. The number of carbonyl (C=O) groups is 2. The Kier molecular flexibility index (Phi) is 6.88. The Morgan fingerprint density at radius 1 is 1.14 bits per heavy atom. The van der Waals surface area contributed by atoms with Crippen molar-refractivity contribution in [3.05, 3.63) is 90.0 Å². The highest BCUT2D eigenvalue weighted by Gasteiger charge is 2.32. The van der Waals surface area contributed by atoms with Gasteiger partial charge in [-0.3, -0.25) is 9.59 Å². The lowest BCUT2D eigenvalue weighted by Gasteiger charge is -2.39. The molecule has 1 aromatic heterocycles. The van der Waals surface area contributed by atoms with Crippen LogP contribution >= 0.6 is 0 Å². The van der Waals surface area contributed by atoms with Gasteiger partial charge in [-0.15, -0.1) is 0 Å². The minimum absolute atomic E-state index is 0.00752. The molecule has 2 aliphatic heterocycles. The second kappa shape index (κ2) is 10.5. The van der Waals surface area contributed by atoms with Crippen LogP contribution in [0.15, 0.2) is 73.3 Å². The summed E-state index contributed by atoms with van der Waals surface area (Å²) >= 11 is 0. The van der Waals surface area contributed by atoms with E-state index in [1.807, 2.05) is 53.4 Å². The molecule has 0 aliphatic carbocycles. The summed E-state index contributed by atoms with van der Waals surface area (Å²) in [6.07, 6.45) is 9.73. The number of likely N-dealkylation sites (tertiary alicyclic amines) is 1. The summed E-state index contributed by atoms with van der Waals surface area (Å²) < 4.78 is 7.53. The smallest absolute Gasteiger partial charge is 0.258 e. The van der Waals surface area contributed by atoms with Crippen molar-refractivity contribution in [2.45, 2.75) is 31.8 Å². The summed E-state index contributed by atoms with van der Waals surface area (Å²) in [5.41, 5.74) is 2.72. The Bertz CT molecular complexity index is 1210. The Labute approximate surface area is 204 Å². The molecule has 3 aromatic rings. The third-order valence-electron chi connectivity index (χ3n) is 6.63. The lowest BCUT2D eigenvalue weighted by Crippen LogP contribution is -2.53. The maximum atomic E-state index is 13.4. The highest BCUT2D eigenvalue weighted by molar-refractivity contribution is 5.94. The molecule has 0 unspecified atom stereocenters. The third-order valence-corrected chi connectivity index (χ3v) is 6.63. The molecule has 1 N–H and O–H groups in total. The molecule has 1 saturated heterocycles. The fourth-order valence-corrected chi connectivity index (χ4v) is 4.82. The number of nitrogens with zero attached hydrogens (tertiary/aromatic N) is 4. The summed E-state index contributed by atoms with van der Waals surface area (Å²) in [5, 5.41) is 7.29. The van der Waals surface area contributed by atoms with Crippen LogP contribution in [0.1, 0.15) is 34.3 Å². The molecule has 0 saturated carbocycles. The van der Waals surface area contributed by atoms with Crippen molar-refractivity contribution < 1.29 is 14.3 Å². The van der Waals surface area contributed by atoms with Crippen LogP contribution in [-0.2, 0) is 17.8 Å². The van der Waals surface area contributed by atoms with Gasteiger partial charge in [0.05, 0.1) is 6.54 Å². The van der Waals surface area contributed by atoms with Gasteiger partial charge in [0.1, 0.15) is 18.4 Å². The van der Waals surface area contributed by atoms with Gasteiger partial charge in [-0.1, -0.05) is 42.5 Å². The number of piperidine rings is 1. The molecule has 8 nitrogen and oxygen atoms in total. The van der Waals surface area contributed by atoms with Gasteiger partial charge in [-0.05, 0) is 48.6 Å². The molecule has 35 heavy (non-hydrogen) atoms. The predicted molar refractivity (Wildman–Crippen MR) is 131 cm³/mol. The van der Waals surface area contributed by atoms with Crippen molar-refractivity contribution in [1.29, 1.82) is 0 Å². The van der Waals surface area contributed by atoms with Crippen molar-refractivity contribution in [3.63, 3.8) is 0 Å². The number of benzene rings is 2. The monoisotopic (exact) mass is 471 g/mol. The number of amides is 2. The van der Waals surface area contributed by atoms with E-state index in [9.17, 15) is 9.59 Å². The van der Waals surface area contributed by atoms with Gasteiger partial charge in [-0.2, -0.15) is 5.10 Å². The number of hydrogen-bond acceptors (Lipinski definition) is 5. The molecule has 2 atom stereocenters. The summed E-state index contributed by atoms with van der Waals surface area (Å²) in [6.45, 7) is 1.75. The largest absolute Gasteiger partial charge is 0.483 e. The van der Waals surface area contributed by atoms with E-state index in [0.29, 0.717) is 31.6 Å². The number of fused-ring (bicyclic) bond motifs is 2. The van der Waals surface area contributed by atoms with E-state index >= 15 is 0 Å². The van der Waals surface area contributed by atoms with Gasteiger partial charge >= 0.3 is 0 Å². The van der Waals surface area contributed by atoms with Crippen molar-refractivity contribution in [2.75, 3.05) is 19.7 Å². The number of rotatable bonds is 3. The van der Waals surface area contributed by atoms with Crippen LogP contribution in [0.25, 0.3) is 0 Å². The highest BCUT2D eigenvalue weighted by Crippen LogP contribution is 2.25. The molecule has 0 radical (unpaired) electrons. The van der Waals surface area contributed by atoms with E-state index in [1.54, 1.807) is 11.0 Å². The average Bonchev–Trinajstić information content (AvgIpc) is 3.39. The Morgan fingerprint density at radius 3 is 2.94 bits per heavy atom. The standard InChI is InChI=1S/C27H29N5O3/c33-26-17-35-25-11-4-3-8-21(25)7-1-2-9-23-16-31(13-12-24(23)30-26)27(34)22-10-5-6-20(14-22)15-32-19-28-18-29-32/h1-6,8,10-11,14,18-19,23-24H,7,9,12-13,15-17H2,(H,30,33)/t23-,24+/m0/s1. The van der Waals surface area contributed by atoms with Crippen LogP contribution in [0.4, 0.5) is 0 Å². The molecule has 2 aliphatic rings. The molecule has 1 fully saturated rings. The molecule has 5 rings (SSSR count). The molecule has 2 amide bonds. The van der Waals surface area contributed by atoms with Crippen LogP contribution < -0.4 is 10.1 Å². The molecule has 180 valence electrons. The van der Waals surface area contributed by atoms with E-state index < -0.39 is 0 Å². The van der Waals surface area contributed by atoms with Crippen molar-refractivity contribution in [2.24, 2.45) is 5.92 Å². The average molecular weight is 472 g/mol. The Hall–Kier alpha value is -3.94. The van der Waals surface area contributed by atoms with Gasteiger partial charge in [0.25, 0.3) is 11.8 Å². The number of aromatic nitrogens is 3. The van der Waals surface area contributed by atoms with E-state index in [2.05, 4.69) is 27.6 Å². The van der Waals surface area contributed by atoms with Gasteiger partial charge in [0, 0.05) is 30.6 Å². The lowest BCUT2D eigenvalue weighted by molar-refractivity contribution is -0.124. The van der Waals surface area contributed by atoms with Gasteiger partial charge in [0.15, 0.2) is 6.61 Å². The minimum Gasteiger partial charge on any atom is -0.483 e. The number of nitrogens with one attached hydrogen (secondary N) is 1. The van der Waals surface area contributed by atoms with Crippen molar-refractivity contribution in [1.82, 2.24) is 25.0 Å². The summed E-state index contributed by atoms with van der Waals surface area (Å²) in [4.78, 5) is 31.9. The zero-order valence-electron chi connectivity index (χ0n) is 19.5. The third kappa shape index (κ3) is 5.59. The van der Waals surface area contributed by atoms with Crippen LogP contribution in [0, 0.1) is 5.92 Å². The first-order valence-electron chi connectivity index (χ1n) is 12.0. The van der Waals surface area contributed by atoms with Crippen LogP contribution in [-0.4, -0.2) is 57.2 Å². The lowest BCUT2D eigenvalue weighted by atomic mass is 9.88. The first kappa shape index (κ1) is 22.8. The van der Waals surface area contributed by atoms with E-state index in [4.69, 9.17) is 4.74 Å². The summed E-state index contributed by atoms with van der Waals surface area (Å²) in [6, 6.07) is 15.5. The van der Waals surface area contributed by atoms with Crippen LogP contribution in [0.3, 0.4) is 0 Å². The van der Waals surface area contributed by atoms with E-state index in [0.717, 1.165) is 29.7 Å². The zero-order valence-corrected chi connectivity index (χ0v) is 19.5. The molecule has 8 heteroatoms. The van der Waals surface area contributed by atoms with Crippen LogP contribution in [0.5, 0.6) is 5.75 Å². The Morgan fingerprint density at radius 2 is 2.06 bits per heavy atom. The maximum absolute atomic E-state index is 13.4. The second-order valence-corrected chi connectivity index (χ2v) is 9.07. The highest BCUT2D eigenvalue weighted by atomic mass is 16.5. The quantitative estimate of drug-likeness (QED) is 0.594.